The number of amides is 2. The van der Waals surface area contributed by atoms with Crippen LogP contribution in [0.5, 0.6) is 0 Å². The molecule has 0 fully saturated rings. The maximum absolute atomic E-state index is 12.1. The number of carbonyl (C=O) groups excluding carboxylic acids is 2. The molecule has 4 heteroatoms. The highest BCUT2D eigenvalue weighted by Crippen LogP contribution is 2.14. The van der Waals surface area contributed by atoms with E-state index >= 15 is 0 Å². The van der Waals surface area contributed by atoms with Gasteiger partial charge in [-0.2, -0.15) is 0 Å². The van der Waals surface area contributed by atoms with E-state index in [0.717, 1.165) is 23.2 Å². The molecule has 0 aliphatic rings. The fraction of sp³-hybridized carbons (Fsp3) is 0.556. The van der Waals surface area contributed by atoms with Crippen molar-refractivity contribution in [3.8, 4) is 0 Å². The molecule has 2 amide bonds. The van der Waals surface area contributed by atoms with Gasteiger partial charge in [-0.25, -0.2) is 0 Å². The summed E-state index contributed by atoms with van der Waals surface area (Å²) in [4.78, 5) is 25.4. The first-order valence-electron chi connectivity index (χ1n) is 7.91. The van der Waals surface area contributed by atoms with Crippen molar-refractivity contribution < 1.29 is 9.59 Å². The van der Waals surface area contributed by atoms with Gasteiger partial charge >= 0.3 is 0 Å². The second-order valence-corrected chi connectivity index (χ2v) is 6.36. The lowest BCUT2D eigenvalue weighted by Gasteiger charge is -2.21. The lowest BCUT2D eigenvalue weighted by Crippen LogP contribution is -2.33. The summed E-state index contributed by atoms with van der Waals surface area (Å²) in [6.45, 7) is 11.0. The van der Waals surface area contributed by atoms with Crippen LogP contribution in [-0.2, 0) is 9.59 Å². The topological polar surface area (TPSA) is 49.4 Å². The fourth-order valence-electron chi connectivity index (χ4n) is 2.35. The fourth-order valence-corrected chi connectivity index (χ4v) is 2.35. The lowest BCUT2D eigenvalue weighted by molar-refractivity contribution is -0.129. The highest BCUT2D eigenvalue weighted by atomic mass is 16.2. The highest BCUT2D eigenvalue weighted by molar-refractivity contribution is 5.91. The summed E-state index contributed by atoms with van der Waals surface area (Å²) in [5, 5.41) is 2.91. The average Bonchev–Trinajstić information content (AvgIpc) is 2.36. The normalized spacial score (nSPS) is 10.6. The predicted molar refractivity (Wildman–Crippen MR) is 90.9 cm³/mol. The third kappa shape index (κ3) is 6.74. The summed E-state index contributed by atoms with van der Waals surface area (Å²) < 4.78 is 0. The molecule has 0 heterocycles. The molecule has 0 bridgehead atoms. The second-order valence-electron chi connectivity index (χ2n) is 6.36. The van der Waals surface area contributed by atoms with Crippen LogP contribution in [0, 0.1) is 19.8 Å². The Balaban J connectivity index is 2.51. The summed E-state index contributed by atoms with van der Waals surface area (Å²) in [5.74, 6) is 0.520. The van der Waals surface area contributed by atoms with Gasteiger partial charge in [-0.05, 0) is 49.4 Å². The van der Waals surface area contributed by atoms with Gasteiger partial charge in [0.05, 0.1) is 0 Å². The number of carbonyl (C=O) groups is 2. The number of hydrogen-bond donors (Lipinski definition) is 1. The molecule has 0 saturated heterocycles. The van der Waals surface area contributed by atoms with Crippen molar-refractivity contribution in [1.82, 2.24) is 4.90 Å². The molecule has 22 heavy (non-hydrogen) atoms. The van der Waals surface area contributed by atoms with Crippen LogP contribution in [0.1, 0.15) is 44.7 Å². The molecule has 1 aromatic rings. The Labute approximate surface area is 133 Å². The molecule has 1 N–H and O–H groups in total. The molecule has 0 unspecified atom stereocenters. The van der Waals surface area contributed by atoms with Gasteiger partial charge in [0.15, 0.2) is 0 Å². The van der Waals surface area contributed by atoms with Gasteiger partial charge < -0.3 is 10.2 Å². The monoisotopic (exact) mass is 304 g/mol. The minimum Gasteiger partial charge on any atom is -0.342 e. The number of anilines is 1. The molecule has 4 nitrogen and oxygen atoms in total. The van der Waals surface area contributed by atoms with Crippen LogP contribution in [0.15, 0.2) is 18.2 Å². The average molecular weight is 304 g/mol. The van der Waals surface area contributed by atoms with Gasteiger partial charge in [-0.3, -0.25) is 9.59 Å². The van der Waals surface area contributed by atoms with Crippen LogP contribution in [-0.4, -0.2) is 29.8 Å². The van der Waals surface area contributed by atoms with Crippen LogP contribution < -0.4 is 5.32 Å². The predicted octanol–water partition coefficient (Wildman–Crippen LogP) is 3.53. The van der Waals surface area contributed by atoms with Gasteiger partial charge in [-0.15, -0.1) is 0 Å². The van der Waals surface area contributed by atoms with Crippen LogP contribution in [0.4, 0.5) is 5.69 Å². The summed E-state index contributed by atoms with van der Waals surface area (Å²) in [7, 11) is 0. The van der Waals surface area contributed by atoms with Crippen molar-refractivity contribution in [2.45, 2.75) is 47.5 Å². The molecule has 0 aromatic heterocycles. The van der Waals surface area contributed by atoms with Gasteiger partial charge in [0.2, 0.25) is 11.8 Å². The quantitative estimate of drug-likeness (QED) is 0.838. The Kier molecular flexibility index (Phi) is 7.09. The molecular formula is C18H28N2O2. The summed E-state index contributed by atoms with van der Waals surface area (Å²) in [6.07, 6.45) is 1.28. The molecular weight excluding hydrogens is 276 g/mol. The molecule has 0 radical (unpaired) electrons. The zero-order valence-electron chi connectivity index (χ0n) is 14.4. The number of aryl methyl sites for hydroxylation is 2. The number of nitrogens with zero attached hydrogens (tertiary/aromatic N) is 1. The van der Waals surface area contributed by atoms with Crippen LogP contribution >= 0.6 is 0 Å². The molecule has 1 aromatic carbocycles. The van der Waals surface area contributed by atoms with E-state index < -0.39 is 0 Å². The van der Waals surface area contributed by atoms with Gasteiger partial charge in [0.25, 0.3) is 0 Å². The molecule has 0 aliphatic heterocycles. The first-order chi connectivity index (χ1) is 10.3. The van der Waals surface area contributed by atoms with Crippen molar-refractivity contribution in [3.63, 3.8) is 0 Å². The maximum Gasteiger partial charge on any atom is 0.226 e. The Morgan fingerprint density at radius 2 is 1.68 bits per heavy atom. The maximum atomic E-state index is 12.1. The van der Waals surface area contributed by atoms with Crippen molar-refractivity contribution in [3.05, 3.63) is 29.3 Å². The molecule has 0 spiro atoms. The minimum atomic E-state index is -0.0548. The summed E-state index contributed by atoms with van der Waals surface area (Å²) >= 11 is 0. The summed E-state index contributed by atoms with van der Waals surface area (Å²) in [6, 6.07) is 5.97. The lowest BCUT2D eigenvalue weighted by atomic mass is 10.1. The van der Waals surface area contributed by atoms with E-state index in [1.54, 1.807) is 11.8 Å². The highest BCUT2D eigenvalue weighted by Gasteiger charge is 2.12. The van der Waals surface area contributed by atoms with E-state index in [2.05, 4.69) is 25.2 Å². The van der Waals surface area contributed by atoms with Crippen LogP contribution in [0.2, 0.25) is 0 Å². The zero-order valence-corrected chi connectivity index (χ0v) is 14.4. The Morgan fingerprint density at radius 3 is 2.18 bits per heavy atom. The molecule has 0 aliphatic carbocycles. The van der Waals surface area contributed by atoms with E-state index in [1.807, 2.05) is 26.0 Å². The smallest absolute Gasteiger partial charge is 0.226 e. The standard InChI is InChI=1S/C18H28N2O2/c1-13(2)6-8-20(16(5)21)9-7-18(22)19-17-11-14(3)10-15(4)12-17/h10-13H,6-9H2,1-5H3,(H,19,22). The van der Waals surface area contributed by atoms with Crippen LogP contribution in [0.3, 0.4) is 0 Å². The van der Waals surface area contributed by atoms with Crippen molar-refractivity contribution >= 4 is 17.5 Å². The van der Waals surface area contributed by atoms with Crippen molar-refractivity contribution in [2.24, 2.45) is 5.92 Å². The summed E-state index contributed by atoms with van der Waals surface area (Å²) in [5.41, 5.74) is 3.06. The first kappa shape index (κ1) is 18.2. The van der Waals surface area contributed by atoms with Gasteiger partial charge in [-0.1, -0.05) is 19.9 Å². The molecule has 1 rings (SSSR count). The van der Waals surface area contributed by atoms with E-state index in [-0.39, 0.29) is 11.8 Å². The van der Waals surface area contributed by atoms with Crippen molar-refractivity contribution in [1.29, 1.82) is 0 Å². The van der Waals surface area contributed by atoms with Gasteiger partial charge in [0.1, 0.15) is 0 Å². The third-order valence-electron chi connectivity index (χ3n) is 3.54. The Bertz CT molecular complexity index is 504. The molecule has 0 saturated carbocycles. The Morgan fingerprint density at radius 1 is 1.09 bits per heavy atom. The first-order valence-corrected chi connectivity index (χ1v) is 7.91. The van der Waals surface area contributed by atoms with Gasteiger partial charge in [0, 0.05) is 32.1 Å². The van der Waals surface area contributed by atoms with E-state index in [0.29, 0.717) is 25.4 Å². The van der Waals surface area contributed by atoms with E-state index in [9.17, 15) is 9.59 Å². The third-order valence-corrected chi connectivity index (χ3v) is 3.54. The van der Waals surface area contributed by atoms with Crippen molar-refractivity contribution in [2.75, 3.05) is 18.4 Å². The van der Waals surface area contributed by atoms with E-state index in [4.69, 9.17) is 0 Å². The number of nitrogens with one attached hydrogen (secondary N) is 1. The molecule has 0 atom stereocenters. The Hall–Kier alpha value is -1.84. The minimum absolute atomic E-state index is 0.0276. The largest absolute Gasteiger partial charge is 0.342 e. The molecule has 122 valence electrons. The SMILES string of the molecule is CC(=O)N(CCC(=O)Nc1cc(C)cc(C)c1)CCC(C)C. The van der Waals surface area contributed by atoms with E-state index in [1.165, 1.54) is 0 Å². The number of rotatable bonds is 7. The van der Waals surface area contributed by atoms with Crippen LogP contribution in [0.25, 0.3) is 0 Å². The number of benzene rings is 1. The number of hydrogen-bond acceptors (Lipinski definition) is 2. The zero-order chi connectivity index (χ0) is 16.7. The second kappa shape index (κ2) is 8.57.